The number of likely N-dealkylation sites (tertiary alicyclic amines) is 1. The molecule has 0 radical (unpaired) electrons. The van der Waals surface area contributed by atoms with Gasteiger partial charge in [-0.15, -0.1) is 0 Å². The zero-order valence-electron chi connectivity index (χ0n) is 16.0. The summed E-state index contributed by atoms with van der Waals surface area (Å²) in [5.41, 5.74) is 0.822. The van der Waals surface area contributed by atoms with Crippen molar-refractivity contribution in [3.63, 3.8) is 0 Å². The van der Waals surface area contributed by atoms with Crippen LogP contribution in [0.1, 0.15) is 56.3 Å². The number of nitrogens with zero attached hydrogens (tertiary/aromatic N) is 1. The van der Waals surface area contributed by atoms with Crippen LogP contribution in [0.3, 0.4) is 0 Å². The molecule has 2 N–H and O–H groups in total. The van der Waals surface area contributed by atoms with Gasteiger partial charge in [0.25, 0.3) is 5.91 Å². The fraction of sp³-hybridized carbons (Fsp3) is 0.550. The Morgan fingerprint density at radius 1 is 1.15 bits per heavy atom. The van der Waals surface area contributed by atoms with Crippen molar-refractivity contribution in [2.45, 2.75) is 46.0 Å². The van der Waals surface area contributed by atoms with Crippen molar-refractivity contribution in [3.8, 4) is 0 Å². The van der Waals surface area contributed by atoms with Gasteiger partial charge in [0.05, 0.1) is 11.3 Å². The van der Waals surface area contributed by atoms with Crippen molar-refractivity contribution in [1.29, 1.82) is 0 Å². The second-order valence-electron chi connectivity index (χ2n) is 6.84. The Kier molecular flexibility index (Phi) is 8.10. The molecule has 0 atom stereocenters. The summed E-state index contributed by atoms with van der Waals surface area (Å²) < 4.78 is 0. The molecule has 1 aromatic carbocycles. The number of anilines is 1. The second kappa shape index (κ2) is 10.3. The molecule has 1 heterocycles. The van der Waals surface area contributed by atoms with Gasteiger partial charge < -0.3 is 15.5 Å². The van der Waals surface area contributed by atoms with Crippen LogP contribution in [0, 0.1) is 5.92 Å². The molecule has 3 amide bonds. The van der Waals surface area contributed by atoms with Gasteiger partial charge in [0.15, 0.2) is 0 Å². The van der Waals surface area contributed by atoms with Gasteiger partial charge in [-0.05, 0) is 43.9 Å². The molecule has 0 saturated carbocycles. The summed E-state index contributed by atoms with van der Waals surface area (Å²) in [6.07, 6.45) is 3.46. The van der Waals surface area contributed by atoms with E-state index in [4.69, 9.17) is 11.6 Å². The molecule has 27 heavy (non-hydrogen) atoms. The lowest BCUT2D eigenvalue weighted by molar-refractivity contribution is -0.134. The van der Waals surface area contributed by atoms with Crippen LogP contribution in [-0.4, -0.2) is 42.3 Å². The van der Waals surface area contributed by atoms with Crippen LogP contribution in [0.2, 0.25) is 5.02 Å². The van der Waals surface area contributed by atoms with Crippen LogP contribution in [0.5, 0.6) is 0 Å². The molecule has 1 aliphatic heterocycles. The van der Waals surface area contributed by atoms with E-state index in [0.717, 1.165) is 12.8 Å². The first-order valence-electron chi connectivity index (χ1n) is 9.62. The number of halogens is 1. The van der Waals surface area contributed by atoms with Crippen LogP contribution < -0.4 is 10.6 Å². The molecule has 1 fully saturated rings. The Balaban J connectivity index is 2.00. The maximum Gasteiger partial charge on any atom is 0.253 e. The van der Waals surface area contributed by atoms with Gasteiger partial charge in [-0.1, -0.05) is 25.4 Å². The van der Waals surface area contributed by atoms with Crippen LogP contribution in [0.15, 0.2) is 18.2 Å². The number of piperidine rings is 1. The highest BCUT2D eigenvalue weighted by atomic mass is 35.5. The van der Waals surface area contributed by atoms with Crippen LogP contribution >= 0.6 is 11.6 Å². The lowest BCUT2D eigenvalue weighted by Crippen LogP contribution is -2.41. The van der Waals surface area contributed by atoms with Crippen molar-refractivity contribution in [3.05, 3.63) is 28.8 Å². The van der Waals surface area contributed by atoms with E-state index in [1.165, 1.54) is 0 Å². The van der Waals surface area contributed by atoms with Crippen LogP contribution in [0.4, 0.5) is 5.69 Å². The molecule has 6 nitrogen and oxygen atoms in total. The number of hydrogen-bond acceptors (Lipinski definition) is 3. The molecule has 0 unspecified atom stereocenters. The summed E-state index contributed by atoms with van der Waals surface area (Å²) in [6.45, 7) is 5.71. The average molecular weight is 394 g/mol. The average Bonchev–Trinajstić information content (AvgIpc) is 2.66. The lowest BCUT2D eigenvalue weighted by atomic mass is 9.95. The smallest absolute Gasteiger partial charge is 0.253 e. The number of amides is 3. The maximum atomic E-state index is 12.7. The molecule has 1 aromatic rings. The van der Waals surface area contributed by atoms with E-state index < -0.39 is 0 Å². The van der Waals surface area contributed by atoms with Crippen molar-refractivity contribution in [1.82, 2.24) is 10.2 Å². The number of benzene rings is 1. The van der Waals surface area contributed by atoms with E-state index in [-0.39, 0.29) is 23.6 Å². The Morgan fingerprint density at radius 2 is 1.85 bits per heavy atom. The van der Waals surface area contributed by atoms with Gasteiger partial charge in [0.1, 0.15) is 0 Å². The van der Waals surface area contributed by atoms with Gasteiger partial charge >= 0.3 is 0 Å². The van der Waals surface area contributed by atoms with Crippen molar-refractivity contribution in [2.24, 2.45) is 5.92 Å². The predicted molar refractivity (Wildman–Crippen MR) is 107 cm³/mol. The first-order valence-corrected chi connectivity index (χ1v) is 10.00. The number of carbonyl (C=O) groups excluding carboxylic acids is 3. The molecule has 0 aliphatic carbocycles. The number of nitrogens with one attached hydrogen (secondary N) is 2. The SMILES string of the molecule is CCCNC(=O)c1ccc(Cl)cc1NC(=O)C1CCN(C(=O)CCC)CC1. The molecule has 2 rings (SSSR count). The normalized spacial score (nSPS) is 14.7. The number of hydrogen-bond donors (Lipinski definition) is 2. The van der Waals surface area contributed by atoms with E-state index in [2.05, 4.69) is 10.6 Å². The first-order chi connectivity index (χ1) is 13.0. The topological polar surface area (TPSA) is 78.5 Å². The van der Waals surface area contributed by atoms with Crippen molar-refractivity contribution < 1.29 is 14.4 Å². The number of rotatable bonds is 7. The highest BCUT2D eigenvalue weighted by molar-refractivity contribution is 6.31. The third-order valence-corrected chi connectivity index (χ3v) is 4.94. The van der Waals surface area contributed by atoms with E-state index in [1.54, 1.807) is 18.2 Å². The molecule has 1 aliphatic rings. The van der Waals surface area contributed by atoms with E-state index >= 15 is 0 Å². The summed E-state index contributed by atoms with van der Waals surface area (Å²) in [4.78, 5) is 38.8. The summed E-state index contributed by atoms with van der Waals surface area (Å²) in [5.74, 6) is -0.393. The fourth-order valence-corrected chi connectivity index (χ4v) is 3.32. The van der Waals surface area contributed by atoms with Gasteiger partial charge in [-0.2, -0.15) is 0 Å². The van der Waals surface area contributed by atoms with E-state index in [9.17, 15) is 14.4 Å². The zero-order valence-corrected chi connectivity index (χ0v) is 16.8. The Morgan fingerprint density at radius 3 is 2.48 bits per heavy atom. The van der Waals surface area contributed by atoms with Gasteiger partial charge in [0, 0.05) is 37.0 Å². The maximum absolute atomic E-state index is 12.7. The third kappa shape index (κ3) is 5.96. The van der Waals surface area contributed by atoms with E-state index in [1.807, 2.05) is 18.7 Å². The number of carbonyl (C=O) groups is 3. The third-order valence-electron chi connectivity index (χ3n) is 4.70. The predicted octanol–water partition coefficient (Wildman–Crippen LogP) is 3.46. The Hall–Kier alpha value is -2.08. The minimum atomic E-state index is -0.233. The molecule has 1 saturated heterocycles. The molecule has 0 spiro atoms. The zero-order chi connectivity index (χ0) is 19.8. The Bertz CT molecular complexity index is 685. The highest BCUT2D eigenvalue weighted by Gasteiger charge is 2.27. The molecule has 7 heteroatoms. The van der Waals surface area contributed by atoms with Crippen LogP contribution in [-0.2, 0) is 9.59 Å². The first kappa shape index (κ1) is 21.2. The van der Waals surface area contributed by atoms with Gasteiger partial charge in [-0.25, -0.2) is 0 Å². The summed E-state index contributed by atoms with van der Waals surface area (Å²) in [7, 11) is 0. The molecule has 0 aromatic heterocycles. The highest BCUT2D eigenvalue weighted by Crippen LogP contribution is 2.24. The summed E-state index contributed by atoms with van der Waals surface area (Å²) in [6, 6.07) is 4.85. The van der Waals surface area contributed by atoms with Gasteiger partial charge in [-0.3, -0.25) is 14.4 Å². The summed E-state index contributed by atoms with van der Waals surface area (Å²) in [5, 5.41) is 6.13. The molecule has 0 bridgehead atoms. The van der Waals surface area contributed by atoms with E-state index in [0.29, 0.717) is 55.2 Å². The lowest BCUT2D eigenvalue weighted by Gasteiger charge is -2.31. The minimum absolute atomic E-state index is 0.135. The van der Waals surface area contributed by atoms with Crippen molar-refractivity contribution >= 4 is 35.0 Å². The quantitative estimate of drug-likeness (QED) is 0.744. The summed E-state index contributed by atoms with van der Waals surface area (Å²) >= 11 is 6.05. The molecular weight excluding hydrogens is 366 g/mol. The molecule has 148 valence electrons. The van der Waals surface area contributed by atoms with Gasteiger partial charge in [0.2, 0.25) is 11.8 Å². The van der Waals surface area contributed by atoms with Crippen molar-refractivity contribution in [2.75, 3.05) is 25.0 Å². The monoisotopic (exact) mass is 393 g/mol. The largest absolute Gasteiger partial charge is 0.352 e. The fourth-order valence-electron chi connectivity index (χ4n) is 3.15. The minimum Gasteiger partial charge on any atom is -0.352 e. The molecular formula is C20H28ClN3O3. The standard InChI is InChI=1S/C20H28ClN3O3/c1-3-5-18(25)24-11-8-14(9-12-24)19(26)23-17-13-15(21)6-7-16(17)20(27)22-10-4-2/h6-7,13-14H,3-5,8-12H2,1-2H3,(H,22,27)(H,23,26). The Labute approximate surface area is 165 Å². The second-order valence-corrected chi connectivity index (χ2v) is 7.28. The van der Waals surface area contributed by atoms with Crippen LogP contribution in [0.25, 0.3) is 0 Å².